The molecule has 1 aliphatic heterocycles. The molecular formula is C15H22N2O2. The first-order valence-corrected chi connectivity index (χ1v) is 7.01. The third kappa shape index (κ3) is 3.96. The summed E-state index contributed by atoms with van der Waals surface area (Å²) in [7, 11) is 0. The van der Waals surface area contributed by atoms with Gasteiger partial charge < -0.3 is 15.3 Å². The Morgan fingerprint density at radius 3 is 2.58 bits per heavy atom. The lowest BCUT2D eigenvalue weighted by Gasteiger charge is -2.21. The normalized spacial score (nSPS) is 17.7. The largest absolute Gasteiger partial charge is 0.389 e. The van der Waals surface area contributed by atoms with Crippen molar-refractivity contribution in [2.75, 3.05) is 18.4 Å². The minimum atomic E-state index is -0.518. The Balaban J connectivity index is 1.99. The maximum atomic E-state index is 12.2. The van der Waals surface area contributed by atoms with Crippen molar-refractivity contribution in [2.24, 2.45) is 0 Å². The van der Waals surface area contributed by atoms with E-state index >= 15 is 0 Å². The molecule has 4 heteroatoms. The number of carbonyl (C=O) groups is 1. The van der Waals surface area contributed by atoms with Crippen LogP contribution in [0.4, 0.5) is 10.5 Å². The number of hydrogen-bond donors (Lipinski definition) is 2. The summed E-state index contributed by atoms with van der Waals surface area (Å²) >= 11 is 0. The fraction of sp³-hybridized carbons (Fsp3) is 0.533. The second-order valence-corrected chi connectivity index (χ2v) is 5.13. The molecule has 0 spiro atoms. The second kappa shape index (κ2) is 6.57. The predicted molar refractivity (Wildman–Crippen MR) is 76.1 cm³/mol. The van der Waals surface area contributed by atoms with Crippen LogP contribution in [0, 0.1) is 0 Å². The molecule has 0 radical (unpaired) electrons. The number of nitrogens with zero attached hydrogens (tertiary/aromatic N) is 1. The van der Waals surface area contributed by atoms with Crippen molar-refractivity contribution in [1.82, 2.24) is 4.90 Å². The van der Waals surface area contributed by atoms with Gasteiger partial charge in [0.25, 0.3) is 0 Å². The summed E-state index contributed by atoms with van der Waals surface area (Å²) in [6, 6.07) is 7.33. The number of amides is 2. The van der Waals surface area contributed by atoms with Crippen molar-refractivity contribution in [3.8, 4) is 0 Å². The smallest absolute Gasteiger partial charge is 0.321 e. The van der Waals surface area contributed by atoms with Crippen molar-refractivity contribution >= 4 is 11.7 Å². The summed E-state index contributed by atoms with van der Waals surface area (Å²) in [5, 5.41) is 12.5. The van der Waals surface area contributed by atoms with E-state index in [1.807, 2.05) is 29.2 Å². The summed E-state index contributed by atoms with van der Waals surface area (Å²) < 4.78 is 0. The van der Waals surface area contributed by atoms with Crippen LogP contribution in [-0.2, 0) is 0 Å². The van der Waals surface area contributed by atoms with Gasteiger partial charge >= 0.3 is 6.03 Å². The topological polar surface area (TPSA) is 52.6 Å². The molecule has 0 bridgehead atoms. The zero-order valence-electron chi connectivity index (χ0n) is 11.4. The molecule has 2 rings (SSSR count). The van der Waals surface area contributed by atoms with Gasteiger partial charge in [0, 0.05) is 18.8 Å². The lowest BCUT2D eigenvalue weighted by Crippen LogP contribution is -2.35. The zero-order chi connectivity index (χ0) is 13.7. The van der Waals surface area contributed by atoms with Crippen molar-refractivity contribution < 1.29 is 9.90 Å². The lowest BCUT2D eigenvalue weighted by molar-refractivity contribution is 0.199. The zero-order valence-corrected chi connectivity index (χ0v) is 11.4. The van der Waals surface area contributed by atoms with Gasteiger partial charge in [-0.3, -0.25) is 0 Å². The maximum absolute atomic E-state index is 12.2. The van der Waals surface area contributed by atoms with Gasteiger partial charge in [0.1, 0.15) is 0 Å². The SMILES string of the molecule is CC(O)c1cccc(NC(=O)N2CCCCCC2)c1. The molecule has 0 saturated carbocycles. The molecule has 1 aliphatic rings. The number of carbonyl (C=O) groups excluding carboxylic acids is 1. The number of likely N-dealkylation sites (tertiary alicyclic amines) is 1. The number of anilines is 1. The Morgan fingerprint density at radius 2 is 1.95 bits per heavy atom. The van der Waals surface area contributed by atoms with Gasteiger partial charge in [-0.25, -0.2) is 4.79 Å². The van der Waals surface area contributed by atoms with Crippen LogP contribution in [0.2, 0.25) is 0 Å². The molecule has 2 N–H and O–H groups in total. The van der Waals surface area contributed by atoms with Gasteiger partial charge in [-0.2, -0.15) is 0 Å². The van der Waals surface area contributed by atoms with Crippen molar-refractivity contribution in [2.45, 2.75) is 38.7 Å². The molecule has 1 atom stereocenters. The number of aliphatic hydroxyl groups excluding tert-OH is 1. The van der Waals surface area contributed by atoms with Crippen LogP contribution in [0.25, 0.3) is 0 Å². The molecule has 4 nitrogen and oxygen atoms in total. The van der Waals surface area contributed by atoms with E-state index in [2.05, 4.69) is 5.32 Å². The summed E-state index contributed by atoms with van der Waals surface area (Å²) in [4.78, 5) is 14.0. The number of aliphatic hydroxyl groups is 1. The van der Waals surface area contributed by atoms with Gasteiger partial charge in [-0.15, -0.1) is 0 Å². The molecule has 1 fully saturated rings. The average Bonchev–Trinajstić information content (AvgIpc) is 2.68. The molecular weight excluding hydrogens is 240 g/mol. The number of urea groups is 1. The fourth-order valence-electron chi connectivity index (χ4n) is 2.35. The molecule has 19 heavy (non-hydrogen) atoms. The Labute approximate surface area is 114 Å². The first-order valence-electron chi connectivity index (χ1n) is 7.01. The van der Waals surface area contributed by atoms with Crippen LogP contribution in [0.1, 0.15) is 44.3 Å². The van der Waals surface area contributed by atoms with E-state index < -0.39 is 6.10 Å². The van der Waals surface area contributed by atoms with E-state index in [9.17, 15) is 9.90 Å². The number of benzene rings is 1. The van der Waals surface area contributed by atoms with Gasteiger partial charge in [0.2, 0.25) is 0 Å². The van der Waals surface area contributed by atoms with Gasteiger partial charge in [0.05, 0.1) is 6.10 Å². The third-order valence-corrected chi connectivity index (χ3v) is 3.51. The molecule has 104 valence electrons. The molecule has 1 unspecified atom stereocenters. The van der Waals surface area contributed by atoms with Gasteiger partial charge in [0.15, 0.2) is 0 Å². The molecule has 1 aromatic rings. The van der Waals surface area contributed by atoms with E-state index in [-0.39, 0.29) is 6.03 Å². The minimum Gasteiger partial charge on any atom is -0.389 e. The number of nitrogens with one attached hydrogen (secondary N) is 1. The fourth-order valence-corrected chi connectivity index (χ4v) is 2.35. The van der Waals surface area contributed by atoms with Crippen LogP contribution in [0.3, 0.4) is 0 Å². The molecule has 0 aromatic heterocycles. The maximum Gasteiger partial charge on any atom is 0.321 e. The van der Waals surface area contributed by atoms with E-state index in [0.717, 1.165) is 37.2 Å². The summed E-state index contributed by atoms with van der Waals surface area (Å²) in [5.41, 5.74) is 1.56. The Bertz CT molecular complexity index is 424. The summed E-state index contributed by atoms with van der Waals surface area (Å²) in [6.07, 6.45) is 4.07. The molecule has 2 amide bonds. The van der Waals surface area contributed by atoms with Crippen molar-refractivity contribution in [3.05, 3.63) is 29.8 Å². The van der Waals surface area contributed by atoms with Gasteiger partial charge in [-0.1, -0.05) is 25.0 Å². The van der Waals surface area contributed by atoms with Crippen molar-refractivity contribution in [3.63, 3.8) is 0 Å². The molecule has 1 saturated heterocycles. The van der Waals surface area contributed by atoms with Crippen LogP contribution < -0.4 is 5.32 Å². The minimum absolute atomic E-state index is 0.0374. The Kier molecular flexibility index (Phi) is 4.80. The number of hydrogen-bond acceptors (Lipinski definition) is 2. The van der Waals surface area contributed by atoms with Crippen LogP contribution in [-0.4, -0.2) is 29.1 Å². The predicted octanol–water partition coefficient (Wildman–Crippen LogP) is 3.15. The standard InChI is InChI=1S/C15H22N2O2/c1-12(18)13-7-6-8-14(11-13)16-15(19)17-9-4-2-3-5-10-17/h6-8,11-12,18H,2-5,9-10H2,1H3,(H,16,19). The molecule has 1 heterocycles. The van der Waals surface area contributed by atoms with Crippen LogP contribution >= 0.6 is 0 Å². The lowest BCUT2D eigenvalue weighted by atomic mass is 10.1. The van der Waals surface area contributed by atoms with E-state index in [1.165, 1.54) is 12.8 Å². The summed E-state index contributed by atoms with van der Waals surface area (Å²) in [5.74, 6) is 0. The average molecular weight is 262 g/mol. The monoisotopic (exact) mass is 262 g/mol. The highest BCUT2D eigenvalue weighted by molar-refractivity contribution is 5.89. The van der Waals surface area contributed by atoms with Crippen molar-refractivity contribution in [1.29, 1.82) is 0 Å². The van der Waals surface area contributed by atoms with Crippen LogP contribution in [0.15, 0.2) is 24.3 Å². The first-order chi connectivity index (χ1) is 9.16. The highest BCUT2D eigenvalue weighted by Crippen LogP contribution is 2.18. The number of rotatable bonds is 2. The van der Waals surface area contributed by atoms with E-state index in [1.54, 1.807) is 6.92 Å². The van der Waals surface area contributed by atoms with Gasteiger partial charge in [-0.05, 0) is 37.5 Å². The molecule has 0 aliphatic carbocycles. The molecule has 1 aromatic carbocycles. The van der Waals surface area contributed by atoms with E-state index in [4.69, 9.17) is 0 Å². The highest BCUT2D eigenvalue weighted by Gasteiger charge is 2.15. The summed E-state index contributed by atoms with van der Waals surface area (Å²) in [6.45, 7) is 3.39. The highest BCUT2D eigenvalue weighted by atomic mass is 16.3. The Morgan fingerprint density at radius 1 is 1.26 bits per heavy atom. The Hall–Kier alpha value is -1.55. The van der Waals surface area contributed by atoms with E-state index in [0.29, 0.717) is 0 Å². The van der Waals surface area contributed by atoms with Crippen LogP contribution in [0.5, 0.6) is 0 Å². The first kappa shape index (κ1) is 13.9. The third-order valence-electron chi connectivity index (χ3n) is 3.51. The second-order valence-electron chi connectivity index (χ2n) is 5.13. The quantitative estimate of drug-likeness (QED) is 0.860.